The molecule has 2 saturated heterocycles. The van der Waals surface area contributed by atoms with E-state index in [9.17, 15) is 4.79 Å². The minimum atomic E-state index is -2.51. The Morgan fingerprint density at radius 1 is 1.08 bits per heavy atom. The predicted molar refractivity (Wildman–Crippen MR) is 139 cm³/mol. The van der Waals surface area contributed by atoms with E-state index in [0.29, 0.717) is 18.4 Å². The third-order valence-corrected chi connectivity index (χ3v) is 9.02. The van der Waals surface area contributed by atoms with Crippen LogP contribution in [0.4, 0.5) is 0 Å². The average molecular weight is 561 g/mol. The molecule has 1 aromatic carbocycles. The third kappa shape index (κ3) is 5.67. The number of fused-ring (bicyclic) bond motifs is 2. The van der Waals surface area contributed by atoms with Crippen LogP contribution in [0.15, 0.2) is 30.3 Å². The maximum Gasteiger partial charge on any atom is 0.338 e. The molecule has 2 aliphatic heterocycles. The molecule has 11 heteroatoms. The number of benzene rings is 1. The van der Waals surface area contributed by atoms with E-state index in [4.69, 9.17) is 43.9 Å². The van der Waals surface area contributed by atoms with E-state index in [0.717, 1.165) is 18.6 Å². The van der Waals surface area contributed by atoms with Gasteiger partial charge in [0.05, 0.1) is 5.56 Å². The van der Waals surface area contributed by atoms with Crippen LogP contribution in [0.3, 0.4) is 0 Å². The quantitative estimate of drug-likeness (QED) is 0.243. The van der Waals surface area contributed by atoms with E-state index in [1.54, 1.807) is 50.2 Å². The first kappa shape index (κ1) is 28.3. The number of methoxy groups -OCH3 is 2. The average Bonchev–Trinajstić information content (AvgIpc) is 2.87. The van der Waals surface area contributed by atoms with Crippen molar-refractivity contribution in [3.8, 4) is 0 Å². The molecule has 7 atom stereocenters. The van der Waals surface area contributed by atoms with Crippen LogP contribution in [0.5, 0.6) is 0 Å². The van der Waals surface area contributed by atoms with Gasteiger partial charge in [0.2, 0.25) is 11.6 Å². The summed E-state index contributed by atoms with van der Waals surface area (Å²) in [7, 11) is 0.714. The van der Waals surface area contributed by atoms with Crippen molar-refractivity contribution in [2.75, 3.05) is 26.6 Å². The van der Waals surface area contributed by atoms with E-state index in [1.165, 1.54) is 0 Å². The van der Waals surface area contributed by atoms with Gasteiger partial charge in [0, 0.05) is 27.1 Å². The van der Waals surface area contributed by atoms with E-state index in [1.807, 2.05) is 19.2 Å². The Hall–Kier alpha value is -0.693. The molecule has 36 heavy (non-hydrogen) atoms. The second kappa shape index (κ2) is 11.6. The van der Waals surface area contributed by atoms with Crippen molar-refractivity contribution in [1.29, 1.82) is 0 Å². The van der Waals surface area contributed by atoms with Gasteiger partial charge >= 0.3 is 5.97 Å². The van der Waals surface area contributed by atoms with Gasteiger partial charge in [0.1, 0.15) is 36.5 Å². The molecule has 0 aromatic heterocycles. The Balaban J connectivity index is 1.66. The van der Waals surface area contributed by atoms with Crippen LogP contribution in [0.1, 0.15) is 43.0 Å². The van der Waals surface area contributed by atoms with Gasteiger partial charge in [0.25, 0.3) is 7.63 Å². The molecular formula is C25H37ClO8SSi. The highest BCUT2D eigenvalue weighted by molar-refractivity contribution is 7.99. The first-order chi connectivity index (χ1) is 17.2. The fourth-order valence-corrected chi connectivity index (χ4v) is 7.56. The first-order valence-corrected chi connectivity index (χ1v) is 17.5. The second-order valence-corrected chi connectivity index (χ2v) is 16.8. The van der Waals surface area contributed by atoms with Gasteiger partial charge in [-0.1, -0.05) is 25.1 Å². The van der Waals surface area contributed by atoms with Gasteiger partial charge in [-0.3, -0.25) is 0 Å². The van der Waals surface area contributed by atoms with E-state index < -0.39 is 55.0 Å². The zero-order valence-corrected chi connectivity index (χ0v) is 24.1. The number of ether oxygens (including phenoxy) is 6. The molecule has 0 radical (unpaired) electrons. The summed E-state index contributed by atoms with van der Waals surface area (Å²) in [5.74, 6) is -1.84. The number of thioether (sulfide) groups is 1. The molecule has 1 saturated carbocycles. The van der Waals surface area contributed by atoms with Crippen LogP contribution in [-0.4, -0.2) is 81.6 Å². The van der Waals surface area contributed by atoms with Crippen LogP contribution < -0.4 is 0 Å². The van der Waals surface area contributed by atoms with Gasteiger partial charge in [-0.05, 0) is 43.8 Å². The molecule has 8 nitrogen and oxygen atoms in total. The molecule has 4 rings (SSSR count). The summed E-state index contributed by atoms with van der Waals surface area (Å²) in [6, 6.07) is 8.88. The number of hydrogen-bond acceptors (Lipinski definition) is 9. The number of carbonyl (C=O) groups is 1. The second-order valence-electron chi connectivity index (χ2n) is 9.69. The van der Waals surface area contributed by atoms with Gasteiger partial charge in [-0.2, -0.15) is 0 Å². The SMILES string of the molecule is CCS[C@H]1O[C@H](COC(=O)c2ccccc2)[C@H]2O[C@@]3(OC)CCCC[C@]3(OC)O[C@@H]2[C@@H]1O[Si](C)(C)Cl. The Labute approximate surface area is 223 Å². The van der Waals surface area contributed by atoms with Crippen LogP contribution in [0.25, 0.3) is 0 Å². The Morgan fingerprint density at radius 3 is 2.25 bits per heavy atom. The van der Waals surface area contributed by atoms with Crippen molar-refractivity contribution < 1.29 is 37.6 Å². The monoisotopic (exact) mass is 560 g/mol. The normalized spacial score (nSPS) is 36.6. The van der Waals surface area contributed by atoms with E-state index >= 15 is 0 Å². The lowest BCUT2D eigenvalue weighted by molar-refractivity contribution is -0.487. The van der Waals surface area contributed by atoms with E-state index in [-0.39, 0.29) is 6.61 Å². The van der Waals surface area contributed by atoms with E-state index in [2.05, 4.69) is 6.92 Å². The summed E-state index contributed by atoms with van der Waals surface area (Å²) in [5, 5.41) is 0. The Morgan fingerprint density at radius 2 is 1.69 bits per heavy atom. The van der Waals surface area contributed by atoms with Crippen molar-refractivity contribution in [3.05, 3.63) is 35.9 Å². The highest BCUT2D eigenvalue weighted by Crippen LogP contribution is 2.52. The largest absolute Gasteiger partial charge is 0.459 e. The standard InChI is InChI=1S/C25H37ClO8SSi/c1-6-35-23-21(34-36(4,5)26)20-19(18(31-23)16-30-22(27)17-12-8-7-9-13-17)32-24(28-2)14-10-11-15-25(24,29-3)33-20/h7-9,12-13,18-21,23H,6,10-11,14-16H2,1-5H3/t18-,19-,20+,21+,23-,24+,25+/m1/s1. The molecule has 1 aliphatic carbocycles. The molecule has 3 fully saturated rings. The van der Waals surface area contributed by atoms with Gasteiger partial charge in [-0.25, -0.2) is 4.79 Å². The van der Waals surface area contributed by atoms with Crippen molar-refractivity contribution >= 4 is 36.4 Å². The molecule has 3 aliphatic rings. The van der Waals surface area contributed by atoms with Gasteiger partial charge in [-0.15, -0.1) is 22.8 Å². The fraction of sp³-hybridized carbons (Fsp3) is 0.720. The first-order valence-electron chi connectivity index (χ1n) is 12.5. The topological polar surface area (TPSA) is 81.7 Å². The summed E-state index contributed by atoms with van der Waals surface area (Å²) < 4.78 is 44.2. The summed E-state index contributed by atoms with van der Waals surface area (Å²) in [4.78, 5) is 12.7. The highest BCUT2D eigenvalue weighted by Gasteiger charge is 2.67. The zero-order chi connectivity index (χ0) is 26.0. The molecule has 0 bridgehead atoms. The van der Waals surface area contributed by atoms with Crippen molar-refractivity contribution in [2.24, 2.45) is 0 Å². The minimum Gasteiger partial charge on any atom is -0.459 e. The third-order valence-electron chi connectivity index (χ3n) is 6.88. The molecule has 0 N–H and O–H groups in total. The number of carbonyl (C=O) groups excluding carboxylic acids is 1. The highest BCUT2D eigenvalue weighted by atomic mass is 35.6. The maximum atomic E-state index is 12.7. The number of esters is 1. The fourth-order valence-electron chi connectivity index (χ4n) is 5.30. The van der Waals surface area contributed by atoms with Gasteiger partial charge < -0.3 is 32.8 Å². The van der Waals surface area contributed by atoms with Crippen molar-refractivity contribution in [3.63, 3.8) is 0 Å². The molecule has 2 heterocycles. The summed E-state index contributed by atoms with van der Waals surface area (Å²) in [5.41, 5.74) is 0.0821. The summed E-state index contributed by atoms with van der Waals surface area (Å²) in [6.07, 6.45) is 0.768. The Bertz CT molecular complexity index is 889. The number of rotatable bonds is 9. The minimum absolute atomic E-state index is 0.00672. The van der Waals surface area contributed by atoms with Crippen LogP contribution in [0.2, 0.25) is 13.1 Å². The van der Waals surface area contributed by atoms with Gasteiger partial charge in [0.15, 0.2) is 0 Å². The predicted octanol–water partition coefficient (Wildman–Crippen LogP) is 4.69. The molecular weight excluding hydrogens is 524 g/mol. The lowest BCUT2D eigenvalue weighted by atomic mass is 9.84. The lowest BCUT2D eigenvalue weighted by Gasteiger charge is -2.60. The zero-order valence-electron chi connectivity index (χ0n) is 21.6. The smallest absolute Gasteiger partial charge is 0.338 e. The maximum absolute atomic E-state index is 12.7. The molecule has 0 unspecified atom stereocenters. The number of halogens is 1. The van der Waals surface area contributed by atoms with Crippen LogP contribution in [-0.2, 0) is 32.8 Å². The van der Waals surface area contributed by atoms with Crippen molar-refractivity contribution in [1.82, 2.24) is 0 Å². The lowest BCUT2D eigenvalue weighted by Crippen LogP contribution is -2.75. The summed E-state index contributed by atoms with van der Waals surface area (Å²) >= 11 is 8.26. The van der Waals surface area contributed by atoms with Crippen LogP contribution in [0, 0.1) is 0 Å². The van der Waals surface area contributed by atoms with Crippen molar-refractivity contribution in [2.45, 2.75) is 87.1 Å². The Kier molecular flexibility index (Phi) is 9.12. The summed E-state index contributed by atoms with van der Waals surface area (Å²) in [6.45, 7) is 5.88. The molecule has 0 amide bonds. The molecule has 202 valence electrons. The number of hydrogen-bond donors (Lipinski definition) is 0. The molecule has 0 spiro atoms. The molecule has 1 aromatic rings. The van der Waals surface area contributed by atoms with Crippen LogP contribution >= 0.6 is 22.8 Å².